The van der Waals surface area contributed by atoms with E-state index in [2.05, 4.69) is 9.97 Å². The van der Waals surface area contributed by atoms with Crippen LogP contribution >= 0.6 is 0 Å². The largest absolute Gasteiger partial charge is 0.484 e. The van der Waals surface area contributed by atoms with Crippen molar-refractivity contribution in [3.63, 3.8) is 0 Å². The third-order valence-corrected chi connectivity index (χ3v) is 4.36. The van der Waals surface area contributed by atoms with Crippen LogP contribution in [0.15, 0.2) is 53.3 Å². The summed E-state index contributed by atoms with van der Waals surface area (Å²) >= 11 is 0. The summed E-state index contributed by atoms with van der Waals surface area (Å²) in [6.45, 7) is 3.82. The van der Waals surface area contributed by atoms with E-state index in [1.807, 2.05) is 13.0 Å². The van der Waals surface area contributed by atoms with Crippen LogP contribution in [0.1, 0.15) is 30.0 Å². The van der Waals surface area contributed by atoms with Gasteiger partial charge in [0.05, 0.1) is 17.4 Å². The lowest BCUT2D eigenvalue weighted by Gasteiger charge is -2.20. The topological polar surface area (TPSA) is 92.4 Å². The fraction of sp³-hybridized carbons (Fsp3) is 0.238. The number of nitrogens with zero attached hydrogens (tertiary/aromatic N) is 2. The second kappa shape index (κ2) is 8.47. The van der Waals surface area contributed by atoms with Crippen molar-refractivity contribution in [3.8, 4) is 5.75 Å². The number of hydrogen-bond donors (Lipinski definition) is 1. The highest BCUT2D eigenvalue weighted by molar-refractivity contribution is 5.94. The van der Waals surface area contributed by atoms with Crippen LogP contribution < -0.4 is 10.3 Å². The molecule has 0 unspecified atom stereocenters. The summed E-state index contributed by atoms with van der Waals surface area (Å²) in [6, 6.07) is 13.7. The summed E-state index contributed by atoms with van der Waals surface area (Å²) in [5.41, 5.74) is 0.942. The molecule has 0 spiro atoms. The zero-order valence-electron chi connectivity index (χ0n) is 15.8. The SMILES string of the molecule is CCN(Cc1nc2ccccc2c(=O)[nH]1)C(=O)COc1ccc(C(C)=O)cc1. The lowest BCUT2D eigenvalue weighted by atomic mass is 10.1. The van der Waals surface area contributed by atoms with Crippen LogP contribution in [0.2, 0.25) is 0 Å². The van der Waals surface area contributed by atoms with Gasteiger partial charge in [0.1, 0.15) is 11.6 Å². The zero-order valence-corrected chi connectivity index (χ0v) is 15.8. The third kappa shape index (κ3) is 4.43. The molecule has 7 heteroatoms. The van der Waals surface area contributed by atoms with Crippen molar-refractivity contribution < 1.29 is 14.3 Å². The van der Waals surface area contributed by atoms with Crippen molar-refractivity contribution in [1.29, 1.82) is 0 Å². The Balaban J connectivity index is 1.66. The summed E-state index contributed by atoms with van der Waals surface area (Å²) in [5.74, 6) is 0.668. The number of ether oxygens (including phenoxy) is 1. The Morgan fingerprint density at radius 1 is 1.11 bits per heavy atom. The van der Waals surface area contributed by atoms with Crippen LogP contribution in [0.3, 0.4) is 0 Å². The molecule has 0 saturated carbocycles. The molecule has 1 amide bonds. The fourth-order valence-electron chi connectivity index (χ4n) is 2.79. The van der Waals surface area contributed by atoms with Crippen LogP contribution in [0.25, 0.3) is 10.9 Å². The second-order valence-electron chi connectivity index (χ2n) is 6.31. The predicted molar refractivity (Wildman–Crippen MR) is 105 cm³/mol. The molecule has 0 aliphatic carbocycles. The molecule has 0 atom stereocenters. The van der Waals surface area contributed by atoms with Crippen molar-refractivity contribution in [2.45, 2.75) is 20.4 Å². The monoisotopic (exact) mass is 379 g/mol. The van der Waals surface area contributed by atoms with Crippen molar-refractivity contribution in [2.24, 2.45) is 0 Å². The van der Waals surface area contributed by atoms with Gasteiger partial charge in [-0.15, -0.1) is 0 Å². The van der Waals surface area contributed by atoms with Gasteiger partial charge < -0.3 is 14.6 Å². The number of hydrogen-bond acceptors (Lipinski definition) is 5. The minimum Gasteiger partial charge on any atom is -0.484 e. The number of rotatable bonds is 7. The molecule has 28 heavy (non-hydrogen) atoms. The van der Waals surface area contributed by atoms with E-state index < -0.39 is 0 Å². The Morgan fingerprint density at radius 3 is 2.50 bits per heavy atom. The number of para-hydroxylation sites is 1. The van der Waals surface area contributed by atoms with Crippen LogP contribution in [-0.4, -0.2) is 39.7 Å². The van der Waals surface area contributed by atoms with E-state index in [0.717, 1.165) is 0 Å². The Kier molecular flexibility index (Phi) is 5.84. The van der Waals surface area contributed by atoms with Gasteiger partial charge in [-0.25, -0.2) is 4.98 Å². The average molecular weight is 379 g/mol. The number of nitrogens with one attached hydrogen (secondary N) is 1. The maximum atomic E-state index is 12.5. The number of Topliss-reactive ketones (excluding diaryl/α,β-unsaturated/α-hetero) is 1. The van der Waals surface area contributed by atoms with Crippen LogP contribution in [0.4, 0.5) is 0 Å². The first-order valence-corrected chi connectivity index (χ1v) is 8.97. The molecule has 2 aromatic carbocycles. The molecule has 3 aromatic rings. The maximum absolute atomic E-state index is 12.5. The Bertz CT molecular complexity index is 1060. The van der Waals surface area contributed by atoms with Gasteiger partial charge in [0, 0.05) is 12.1 Å². The Hall–Kier alpha value is -3.48. The van der Waals surface area contributed by atoms with Gasteiger partial charge in [-0.1, -0.05) is 12.1 Å². The van der Waals surface area contributed by atoms with E-state index in [4.69, 9.17) is 4.74 Å². The number of aromatic nitrogens is 2. The standard InChI is InChI=1S/C21H21N3O4/c1-3-24(12-19-22-18-7-5-4-6-17(18)21(27)23-19)20(26)13-28-16-10-8-15(9-11-16)14(2)25/h4-11H,3,12-13H2,1-2H3,(H,22,23,27). The third-order valence-electron chi connectivity index (χ3n) is 4.36. The first-order valence-electron chi connectivity index (χ1n) is 8.97. The lowest BCUT2D eigenvalue weighted by Crippen LogP contribution is -2.35. The second-order valence-corrected chi connectivity index (χ2v) is 6.31. The first-order chi connectivity index (χ1) is 13.5. The number of ketones is 1. The lowest BCUT2D eigenvalue weighted by molar-refractivity contribution is -0.133. The summed E-state index contributed by atoms with van der Waals surface area (Å²) in [4.78, 5) is 44.7. The summed E-state index contributed by atoms with van der Waals surface area (Å²) in [6.07, 6.45) is 0. The minimum absolute atomic E-state index is 0.0309. The average Bonchev–Trinajstić information content (AvgIpc) is 2.70. The van der Waals surface area contributed by atoms with E-state index in [-0.39, 0.29) is 30.4 Å². The quantitative estimate of drug-likeness (QED) is 0.637. The van der Waals surface area contributed by atoms with E-state index >= 15 is 0 Å². The molecule has 0 bridgehead atoms. The molecule has 0 aliphatic rings. The molecule has 0 fully saturated rings. The molecule has 1 heterocycles. The van der Waals surface area contributed by atoms with Crippen LogP contribution in [0.5, 0.6) is 5.75 Å². The fourth-order valence-corrected chi connectivity index (χ4v) is 2.79. The van der Waals surface area contributed by atoms with Gasteiger partial charge in [-0.05, 0) is 50.2 Å². The summed E-state index contributed by atoms with van der Waals surface area (Å²) < 4.78 is 5.52. The number of carbonyl (C=O) groups excluding carboxylic acids is 2. The normalized spacial score (nSPS) is 10.6. The van der Waals surface area contributed by atoms with Crippen molar-refractivity contribution in [1.82, 2.24) is 14.9 Å². The highest BCUT2D eigenvalue weighted by Gasteiger charge is 2.15. The molecule has 0 saturated heterocycles. The molecule has 0 aliphatic heterocycles. The van der Waals surface area contributed by atoms with Crippen molar-refractivity contribution in [3.05, 3.63) is 70.3 Å². The molecule has 3 rings (SSSR count). The van der Waals surface area contributed by atoms with Gasteiger partial charge in [0.2, 0.25) is 0 Å². The molecule has 144 valence electrons. The predicted octanol–water partition coefficient (Wildman–Crippen LogP) is 2.55. The number of aromatic amines is 1. The Morgan fingerprint density at radius 2 is 1.82 bits per heavy atom. The number of carbonyl (C=O) groups is 2. The summed E-state index contributed by atoms with van der Waals surface area (Å²) in [5, 5.41) is 0.512. The number of fused-ring (bicyclic) bond motifs is 1. The van der Waals surface area contributed by atoms with Gasteiger partial charge in [0.25, 0.3) is 11.5 Å². The van der Waals surface area contributed by atoms with E-state index in [1.165, 1.54) is 6.92 Å². The molecular formula is C21H21N3O4. The Labute approximate surface area is 162 Å². The molecule has 1 N–H and O–H groups in total. The van der Waals surface area contributed by atoms with Gasteiger partial charge in [-0.2, -0.15) is 0 Å². The smallest absolute Gasteiger partial charge is 0.260 e. The van der Waals surface area contributed by atoms with E-state index in [1.54, 1.807) is 47.4 Å². The number of H-pyrrole nitrogens is 1. The van der Waals surface area contributed by atoms with E-state index in [0.29, 0.717) is 34.6 Å². The number of likely N-dealkylation sites (N-methyl/N-ethyl adjacent to an activating group) is 1. The van der Waals surface area contributed by atoms with Gasteiger partial charge in [-0.3, -0.25) is 14.4 Å². The maximum Gasteiger partial charge on any atom is 0.260 e. The summed E-state index contributed by atoms with van der Waals surface area (Å²) in [7, 11) is 0. The first kappa shape index (κ1) is 19.3. The zero-order chi connectivity index (χ0) is 20.1. The van der Waals surface area contributed by atoms with Crippen molar-refractivity contribution in [2.75, 3.05) is 13.2 Å². The van der Waals surface area contributed by atoms with E-state index in [9.17, 15) is 14.4 Å². The van der Waals surface area contributed by atoms with Gasteiger partial charge >= 0.3 is 0 Å². The molecular weight excluding hydrogens is 358 g/mol. The molecule has 7 nitrogen and oxygen atoms in total. The van der Waals surface area contributed by atoms with Crippen LogP contribution in [-0.2, 0) is 11.3 Å². The molecule has 1 aromatic heterocycles. The van der Waals surface area contributed by atoms with Crippen molar-refractivity contribution >= 4 is 22.6 Å². The van der Waals surface area contributed by atoms with Crippen LogP contribution in [0, 0.1) is 0 Å². The highest BCUT2D eigenvalue weighted by Crippen LogP contribution is 2.13. The molecule has 0 radical (unpaired) electrons. The number of amides is 1. The number of benzene rings is 2. The van der Waals surface area contributed by atoms with Gasteiger partial charge in [0.15, 0.2) is 12.4 Å². The highest BCUT2D eigenvalue weighted by atomic mass is 16.5. The minimum atomic E-state index is -0.231.